The highest BCUT2D eigenvalue weighted by molar-refractivity contribution is 5.93. The lowest BCUT2D eigenvalue weighted by Gasteiger charge is -2.16. The van der Waals surface area contributed by atoms with Crippen LogP contribution >= 0.6 is 0 Å². The molecule has 0 saturated carbocycles. The molecule has 0 unspecified atom stereocenters. The van der Waals surface area contributed by atoms with E-state index in [0.717, 1.165) is 28.8 Å². The first-order chi connectivity index (χ1) is 14.3. The average molecular weight is 395 g/mol. The van der Waals surface area contributed by atoms with E-state index in [9.17, 15) is 0 Å². The SMILES string of the molecule is CCc1cccc(Nc2ncnc3cc4c(cc23)OCCOCCOCCO4)c1. The van der Waals surface area contributed by atoms with Gasteiger partial charge in [0.1, 0.15) is 25.4 Å². The van der Waals surface area contributed by atoms with Crippen molar-refractivity contribution in [2.75, 3.05) is 45.0 Å². The summed E-state index contributed by atoms with van der Waals surface area (Å²) >= 11 is 0. The minimum Gasteiger partial charge on any atom is -0.487 e. The van der Waals surface area contributed by atoms with E-state index in [1.165, 1.54) is 5.56 Å². The van der Waals surface area contributed by atoms with Gasteiger partial charge in [-0.1, -0.05) is 19.1 Å². The first kappa shape index (κ1) is 19.4. The lowest BCUT2D eigenvalue weighted by atomic mass is 10.1. The van der Waals surface area contributed by atoms with Gasteiger partial charge >= 0.3 is 0 Å². The van der Waals surface area contributed by atoms with Gasteiger partial charge in [-0.25, -0.2) is 9.97 Å². The van der Waals surface area contributed by atoms with Gasteiger partial charge in [0, 0.05) is 17.1 Å². The van der Waals surface area contributed by atoms with Crippen LogP contribution in [0.25, 0.3) is 10.9 Å². The molecule has 1 aliphatic heterocycles. The molecule has 29 heavy (non-hydrogen) atoms. The number of nitrogens with one attached hydrogen (secondary N) is 1. The number of fused-ring (bicyclic) bond motifs is 2. The third-order valence-corrected chi connectivity index (χ3v) is 4.64. The molecule has 0 aliphatic carbocycles. The zero-order valence-electron chi connectivity index (χ0n) is 16.5. The molecule has 0 amide bonds. The van der Waals surface area contributed by atoms with Crippen molar-refractivity contribution in [3.05, 3.63) is 48.3 Å². The van der Waals surface area contributed by atoms with Crippen LogP contribution in [-0.4, -0.2) is 49.6 Å². The van der Waals surface area contributed by atoms with Gasteiger partial charge in [0.25, 0.3) is 0 Å². The highest BCUT2D eigenvalue weighted by Crippen LogP contribution is 2.35. The lowest BCUT2D eigenvalue weighted by Crippen LogP contribution is -2.15. The Bertz CT molecular complexity index is 964. The van der Waals surface area contributed by atoms with Crippen LogP contribution < -0.4 is 14.8 Å². The number of aromatic nitrogens is 2. The maximum absolute atomic E-state index is 5.94. The minimum absolute atomic E-state index is 0.427. The molecule has 1 aliphatic rings. The Hall–Kier alpha value is -2.90. The molecule has 0 saturated heterocycles. The molecule has 1 aromatic heterocycles. The van der Waals surface area contributed by atoms with E-state index in [-0.39, 0.29) is 0 Å². The highest BCUT2D eigenvalue weighted by atomic mass is 16.6. The van der Waals surface area contributed by atoms with Crippen LogP contribution in [0.15, 0.2) is 42.7 Å². The number of aryl methyl sites for hydroxylation is 1. The molecule has 7 heteroatoms. The summed E-state index contributed by atoms with van der Waals surface area (Å²) in [5, 5.41) is 4.27. The van der Waals surface area contributed by atoms with Crippen LogP contribution in [-0.2, 0) is 15.9 Å². The average Bonchev–Trinajstić information content (AvgIpc) is 2.74. The molecule has 1 N–H and O–H groups in total. The maximum atomic E-state index is 5.94. The number of hydrogen-bond acceptors (Lipinski definition) is 7. The molecule has 2 heterocycles. The summed E-state index contributed by atoms with van der Waals surface area (Å²) in [6.45, 7) is 5.07. The van der Waals surface area contributed by atoms with Crippen LogP contribution in [0.4, 0.5) is 11.5 Å². The number of rotatable bonds is 3. The Morgan fingerprint density at radius 3 is 2.34 bits per heavy atom. The first-order valence-corrected chi connectivity index (χ1v) is 9.89. The maximum Gasteiger partial charge on any atom is 0.163 e. The summed E-state index contributed by atoms with van der Waals surface area (Å²) in [5.41, 5.74) is 3.03. The quantitative estimate of drug-likeness (QED) is 0.724. The fourth-order valence-electron chi connectivity index (χ4n) is 3.14. The third-order valence-electron chi connectivity index (χ3n) is 4.64. The van der Waals surface area contributed by atoms with Crippen molar-refractivity contribution < 1.29 is 18.9 Å². The standard InChI is InChI=1S/C22H25N3O4/c1-2-16-4-3-5-17(12-16)25-22-18-13-20-21(14-19(18)23-15-24-22)29-11-9-27-7-6-26-8-10-28-20/h3-5,12-15H,2,6-11H2,1H3,(H,23,24,25). The van der Waals surface area contributed by atoms with E-state index in [4.69, 9.17) is 18.9 Å². The van der Waals surface area contributed by atoms with E-state index in [0.29, 0.717) is 51.1 Å². The predicted octanol–water partition coefficient (Wildman–Crippen LogP) is 3.74. The second-order valence-electron chi connectivity index (χ2n) is 6.64. The third kappa shape index (κ3) is 4.93. The Morgan fingerprint density at radius 2 is 1.59 bits per heavy atom. The number of hydrogen-bond donors (Lipinski definition) is 1. The number of anilines is 2. The van der Waals surface area contributed by atoms with Crippen molar-refractivity contribution in [2.24, 2.45) is 0 Å². The topological polar surface area (TPSA) is 74.7 Å². The molecule has 0 bridgehead atoms. The smallest absolute Gasteiger partial charge is 0.163 e. The summed E-state index contributed by atoms with van der Waals surface area (Å²) < 4.78 is 22.8. The van der Waals surface area contributed by atoms with Crippen LogP contribution in [0, 0.1) is 0 Å². The van der Waals surface area contributed by atoms with Crippen molar-refractivity contribution >= 4 is 22.4 Å². The van der Waals surface area contributed by atoms with Crippen LogP contribution in [0.2, 0.25) is 0 Å². The second kappa shape index (κ2) is 9.54. The van der Waals surface area contributed by atoms with Gasteiger partial charge in [-0.2, -0.15) is 0 Å². The van der Waals surface area contributed by atoms with Gasteiger partial charge in [0.05, 0.1) is 31.9 Å². The Balaban J connectivity index is 1.66. The van der Waals surface area contributed by atoms with E-state index in [2.05, 4.69) is 34.3 Å². The molecular formula is C22H25N3O4. The van der Waals surface area contributed by atoms with E-state index in [1.807, 2.05) is 24.3 Å². The van der Waals surface area contributed by atoms with Gasteiger partial charge in [0.15, 0.2) is 11.5 Å². The van der Waals surface area contributed by atoms with Gasteiger partial charge in [-0.3, -0.25) is 0 Å². The number of benzene rings is 2. The Kier molecular flexibility index (Phi) is 6.38. The van der Waals surface area contributed by atoms with E-state index < -0.39 is 0 Å². The molecule has 2 aromatic carbocycles. The van der Waals surface area contributed by atoms with Crippen LogP contribution in [0.3, 0.4) is 0 Å². The Labute approximate surface area is 170 Å². The van der Waals surface area contributed by atoms with Crippen molar-refractivity contribution in [1.29, 1.82) is 0 Å². The summed E-state index contributed by atoms with van der Waals surface area (Å²) in [7, 11) is 0. The van der Waals surface area contributed by atoms with E-state index >= 15 is 0 Å². The fourth-order valence-corrected chi connectivity index (χ4v) is 3.14. The summed E-state index contributed by atoms with van der Waals surface area (Å²) in [4.78, 5) is 8.86. The fraction of sp³-hybridized carbons (Fsp3) is 0.364. The molecule has 0 fully saturated rings. The number of ether oxygens (including phenoxy) is 4. The lowest BCUT2D eigenvalue weighted by molar-refractivity contribution is 0.0224. The van der Waals surface area contributed by atoms with Crippen molar-refractivity contribution in [3.8, 4) is 11.5 Å². The number of nitrogens with zero attached hydrogens (tertiary/aromatic N) is 2. The Morgan fingerprint density at radius 1 is 0.862 bits per heavy atom. The molecule has 0 radical (unpaired) electrons. The van der Waals surface area contributed by atoms with Gasteiger partial charge < -0.3 is 24.3 Å². The molecule has 3 aromatic rings. The van der Waals surface area contributed by atoms with Gasteiger partial charge in [-0.05, 0) is 30.2 Å². The van der Waals surface area contributed by atoms with Gasteiger partial charge in [0.2, 0.25) is 0 Å². The van der Waals surface area contributed by atoms with E-state index in [1.54, 1.807) is 6.33 Å². The van der Waals surface area contributed by atoms with Crippen LogP contribution in [0.5, 0.6) is 11.5 Å². The minimum atomic E-state index is 0.427. The first-order valence-electron chi connectivity index (χ1n) is 9.89. The second-order valence-corrected chi connectivity index (χ2v) is 6.64. The summed E-state index contributed by atoms with van der Waals surface area (Å²) in [6, 6.07) is 12.1. The monoisotopic (exact) mass is 395 g/mol. The molecule has 7 nitrogen and oxygen atoms in total. The largest absolute Gasteiger partial charge is 0.487 e. The normalized spacial score (nSPS) is 15.3. The molecular weight excluding hydrogens is 370 g/mol. The molecule has 0 spiro atoms. The molecule has 152 valence electrons. The molecule has 4 rings (SSSR count). The predicted molar refractivity (Wildman–Crippen MR) is 111 cm³/mol. The zero-order valence-corrected chi connectivity index (χ0v) is 16.5. The van der Waals surface area contributed by atoms with Crippen molar-refractivity contribution in [1.82, 2.24) is 9.97 Å². The van der Waals surface area contributed by atoms with Crippen molar-refractivity contribution in [3.63, 3.8) is 0 Å². The summed E-state index contributed by atoms with van der Waals surface area (Å²) in [5.74, 6) is 2.00. The van der Waals surface area contributed by atoms with Crippen molar-refractivity contribution in [2.45, 2.75) is 13.3 Å². The van der Waals surface area contributed by atoms with Crippen LogP contribution in [0.1, 0.15) is 12.5 Å². The molecule has 0 atom stereocenters. The zero-order chi connectivity index (χ0) is 19.9. The highest BCUT2D eigenvalue weighted by Gasteiger charge is 2.13. The summed E-state index contributed by atoms with van der Waals surface area (Å²) in [6.07, 6.45) is 2.53. The van der Waals surface area contributed by atoms with Gasteiger partial charge in [-0.15, -0.1) is 0 Å².